The van der Waals surface area contributed by atoms with E-state index < -0.39 is 21.6 Å². The Morgan fingerprint density at radius 3 is 2.57 bits per heavy atom. The Balaban J connectivity index is 3.43. The van der Waals surface area contributed by atoms with Gasteiger partial charge in [-0.05, 0) is 30.2 Å². The molecule has 0 radical (unpaired) electrons. The van der Waals surface area contributed by atoms with E-state index in [1.807, 2.05) is 0 Å². The highest BCUT2D eigenvalue weighted by atomic mass is 35.5. The molecule has 1 N–H and O–H groups in total. The number of hydrogen-bond acceptors (Lipinski definition) is 4. The molecule has 0 atom stereocenters. The van der Waals surface area contributed by atoms with Gasteiger partial charge in [0.05, 0.1) is 4.92 Å². The van der Waals surface area contributed by atoms with Gasteiger partial charge in [0.25, 0.3) is 5.24 Å². The van der Waals surface area contributed by atoms with E-state index in [1.165, 1.54) is 13.0 Å². The van der Waals surface area contributed by atoms with Crippen molar-refractivity contribution in [3.8, 4) is 5.75 Å². The van der Waals surface area contributed by atoms with Gasteiger partial charge < -0.3 is 5.11 Å². The molecule has 0 spiro atoms. The minimum Gasteiger partial charge on any atom is -0.502 e. The number of nitro benzene ring substituents is 1. The first-order valence-electron chi connectivity index (χ1n) is 3.61. The third-order valence-corrected chi connectivity index (χ3v) is 1.92. The molecule has 0 aromatic heterocycles. The number of aryl methyl sites for hydroxylation is 1. The van der Waals surface area contributed by atoms with Gasteiger partial charge >= 0.3 is 5.69 Å². The molecule has 0 aliphatic heterocycles. The lowest BCUT2D eigenvalue weighted by Crippen LogP contribution is -1.95. The van der Waals surface area contributed by atoms with Crippen molar-refractivity contribution in [2.45, 2.75) is 6.92 Å². The molecular weight excluding hydrogens is 210 g/mol. The van der Waals surface area contributed by atoms with Crippen LogP contribution in [-0.4, -0.2) is 15.3 Å². The van der Waals surface area contributed by atoms with Gasteiger partial charge in [-0.1, -0.05) is 0 Å². The first-order chi connectivity index (χ1) is 6.43. The average molecular weight is 216 g/mol. The van der Waals surface area contributed by atoms with Crippen LogP contribution in [0.25, 0.3) is 0 Å². The van der Waals surface area contributed by atoms with Crippen molar-refractivity contribution >= 4 is 22.5 Å². The summed E-state index contributed by atoms with van der Waals surface area (Å²) in [5.41, 5.74) is -0.286. The SMILES string of the molecule is Cc1cc(C(=O)Cl)cc([N+](=O)[O-])c1O. The summed E-state index contributed by atoms with van der Waals surface area (Å²) in [6.07, 6.45) is 0. The minimum atomic E-state index is -0.795. The molecule has 5 nitrogen and oxygen atoms in total. The predicted molar refractivity (Wildman–Crippen MR) is 49.7 cm³/mol. The Morgan fingerprint density at radius 2 is 2.14 bits per heavy atom. The van der Waals surface area contributed by atoms with Crippen LogP contribution in [-0.2, 0) is 0 Å². The number of rotatable bonds is 2. The van der Waals surface area contributed by atoms with Crippen LogP contribution in [0.1, 0.15) is 15.9 Å². The normalized spacial score (nSPS) is 9.86. The van der Waals surface area contributed by atoms with Crippen molar-refractivity contribution in [3.05, 3.63) is 33.4 Å². The first-order valence-corrected chi connectivity index (χ1v) is 3.99. The van der Waals surface area contributed by atoms with Crippen LogP contribution in [0.3, 0.4) is 0 Å². The van der Waals surface area contributed by atoms with Crippen molar-refractivity contribution in [1.82, 2.24) is 0 Å². The summed E-state index contributed by atoms with van der Waals surface area (Å²) in [4.78, 5) is 20.4. The summed E-state index contributed by atoms with van der Waals surface area (Å²) in [6.45, 7) is 1.45. The standard InChI is InChI=1S/C8H6ClNO4/c1-4-2-5(8(9)12)3-6(7(4)11)10(13)14/h2-3,11H,1H3. The van der Waals surface area contributed by atoms with Gasteiger partial charge in [0, 0.05) is 11.6 Å². The van der Waals surface area contributed by atoms with E-state index in [1.54, 1.807) is 0 Å². The highest BCUT2D eigenvalue weighted by Crippen LogP contribution is 2.30. The lowest BCUT2D eigenvalue weighted by Gasteiger charge is -2.01. The van der Waals surface area contributed by atoms with Gasteiger partial charge in [0.15, 0.2) is 5.75 Å². The van der Waals surface area contributed by atoms with Crippen molar-refractivity contribution in [2.24, 2.45) is 0 Å². The summed E-state index contributed by atoms with van der Waals surface area (Å²) < 4.78 is 0. The van der Waals surface area contributed by atoms with Crippen molar-refractivity contribution < 1.29 is 14.8 Å². The Morgan fingerprint density at radius 1 is 1.57 bits per heavy atom. The quantitative estimate of drug-likeness (QED) is 0.465. The topological polar surface area (TPSA) is 80.4 Å². The molecule has 0 amide bonds. The van der Waals surface area contributed by atoms with Crippen LogP contribution in [0.15, 0.2) is 12.1 Å². The maximum Gasteiger partial charge on any atom is 0.311 e. The third kappa shape index (κ3) is 1.82. The lowest BCUT2D eigenvalue weighted by molar-refractivity contribution is -0.385. The Kier molecular flexibility index (Phi) is 2.71. The molecule has 0 aliphatic rings. The number of nitro groups is 1. The largest absolute Gasteiger partial charge is 0.502 e. The zero-order valence-corrected chi connectivity index (χ0v) is 7.91. The number of benzene rings is 1. The Labute approximate surface area is 84.1 Å². The van der Waals surface area contributed by atoms with Crippen LogP contribution >= 0.6 is 11.6 Å². The Hall–Kier alpha value is -1.62. The van der Waals surface area contributed by atoms with Crippen molar-refractivity contribution in [2.75, 3.05) is 0 Å². The molecule has 1 aromatic carbocycles. The molecule has 0 unspecified atom stereocenters. The second-order valence-electron chi connectivity index (χ2n) is 2.69. The number of nitrogens with zero attached hydrogens (tertiary/aromatic N) is 1. The maximum absolute atomic E-state index is 10.7. The first kappa shape index (κ1) is 10.5. The van der Waals surface area contributed by atoms with Crippen LogP contribution in [0.5, 0.6) is 5.75 Å². The predicted octanol–water partition coefficient (Wildman–Crippen LogP) is 1.99. The van der Waals surface area contributed by atoms with Crippen molar-refractivity contribution in [1.29, 1.82) is 0 Å². The molecule has 6 heteroatoms. The van der Waals surface area contributed by atoms with E-state index in [0.717, 1.165) is 6.07 Å². The number of phenolic OH excluding ortho intramolecular Hbond substituents is 1. The van der Waals surface area contributed by atoms with E-state index in [0.29, 0.717) is 0 Å². The number of carbonyl (C=O) groups excluding carboxylic acids is 1. The van der Waals surface area contributed by atoms with E-state index in [4.69, 9.17) is 11.6 Å². The molecule has 0 aliphatic carbocycles. The molecule has 14 heavy (non-hydrogen) atoms. The fraction of sp³-hybridized carbons (Fsp3) is 0.125. The smallest absolute Gasteiger partial charge is 0.311 e. The minimum absolute atomic E-state index is 0.00586. The molecule has 1 rings (SSSR count). The zero-order chi connectivity index (χ0) is 10.9. The fourth-order valence-electron chi connectivity index (χ4n) is 1.01. The number of carbonyl (C=O) groups is 1. The molecule has 0 fully saturated rings. The summed E-state index contributed by atoms with van der Waals surface area (Å²) in [7, 11) is 0. The molecule has 0 bridgehead atoms. The number of aromatic hydroxyl groups is 1. The number of hydrogen-bond donors (Lipinski definition) is 1. The van der Waals surface area contributed by atoms with E-state index >= 15 is 0 Å². The molecule has 1 aromatic rings. The summed E-state index contributed by atoms with van der Waals surface area (Å²) in [6, 6.07) is 2.23. The van der Waals surface area contributed by atoms with Crippen LogP contribution in [0, 0.1) is 17.0 Å². The van der Waals surface area contributed by atoms with Crippen LogP contribution < -0.4 is 0 Å². The summed E-state index contributed by atoms with van der Waals surface area (Å²) in [5.74, 6) is -0.448. The zero-order valence-electron chi connectivity index (χ0n) is 7.15. The third-order valence-electron chi connectivity index (χ3n) is 1.70. The fourth-order valence-corrected chi connectivity index (χ4v) is 1.12. The maximum atomic E-state index is 10.7. The van der Waals surface area contributed by atoms with Crippen LogP contribution in [0.2, 0.25) is 0 Å². The summed E-state index contributed by atoms with van der Waals surface area (Å²) in [5, 5.41) is 18.9. The molecule has 0 saturated carbocycles. The van der Waals surface area contributed by atoms with Gasteiger partial charge in [-0.25, -0.2) is 0 Å². The van der Waals surface area contributed by atoms with Crippen molar-refractivity contribution in [3.63, 3.8) is 0 Å². The lowest BCUT2D eigenvalue weighted by atomic mass is 10.1. The number of halogens is 1. The van der Waals surface area contributed by atoms with E-state index in [-0.39, 0.29) is 11.1 Å². The second kappa shape index (κ2) is 3.63. The van der Waals surface area contributed by atoms with Gasteiger partial charge in [0.2, 0.25) is 0 Å². The number of phenols is 1. The summed E-state index contributed by atoms with van der Waals surface area (Å²) >= 11 is 5.16. The highest BCUT2D eigenvalue weighted by molar-refractivity contribution is 6.67. The van der Waals surface area contributed by atoms with Gasteiger partial charge in [-0.3, -0.25) is 14.9 Å². The average Bonchev–Trinajstić information content (AvgIpc) is 2.08. The monoisotopic (exact) mass is 215 g/mol. The molecule has 74 valence electrons. The van der Waals surface area contributed by atoms with Crippen LogP contribution in [0.4, 0.5) is 5.69 Å². The van der Waals surface area contributed by atoms with Gasteiger partial charge in [0.1, 0.15) is 0 Å². The second-order valence-corrected chi connectivity index (χ2v) is 3.03. The molecular formula is C8H6ClNO4. The highest BCUT2D eigenvalue weighted by Gasteiger charge is 2.18. The van der Waals surface area contributed by atoms with E-state index in [2.05, 4.69) is 0 Å². The van der Waals surface area contributed by atoms with Gasteiger partial charge in [-0.15, -0.1) is 0 Å². The Bertz CT molecular complexity index is 416. The molecule has 0 heterocycles. The molecule has 0 saturated heterocycles. The van der Waals surface area contributed by atoms with E-state index in [9.17, 15) is 20.0 Å². The van der Waals surface area contributed by atoms with Gasteiger partial charge in [-0.2, -0.15) is 0 Å².